The van der Waals surface area contributed by atoms with Gasteiger partial charge in [0.15, 0.2) is 0 Å². The van der Waals surface area contributed by atoms with Crippen molar-refractivity contribution in [3.8, 4) is 0 Å². The zero-order chi connectivity index (χ0) is 18.0. The van der Waals surface area contributed by atoms with Crippen LogP contribution in [0.2, 0.25) is 0 Å². The molecule has 134 valence electrons. The second-order valence-electron chi connectivity index (χ2n) is 10.5. The molecule has 0 aromatic heterocycles. The molecule has 0 aliphatic rings. The number of rotatable bonds is 9. The Kier molecular flexibility index (Phi) is 6.71. The van der Waals surface area contributed by atoms with Crippen molar-refractivity contribution in [2.24, 2.45) is 11.5 Å². The van der Waals surface area contributed by atoms with Crippen LogP contribution in [0.4, 0.5) is 0 Å². The largest absolute Gasteiger partial charge is 0.325 e. The van der Waals surface area contributed by atoms with Crippen molar-refractivity contribution in [3.63, 3.8) is 0 Å². The molecule has 0 fully saturated rings. The minimum atomic E-state index is -0.197. The fourth-order valence-corrected chi connectivity index (χ4v) is 3.78. The third-order valence-electron chi connectivity index (χ3n) is 3.48. The van der Waals surface area contributed by atoms with Gasteiger partial charge in [-0.25, -0.2) is 0 Å². The molecule has 0 aromatic carbocycles. The first-order valence-electron chi connectivity index (χ1n) is 8.45. The third-order valence-corrected chi connectivity index (χ3v) is 3.48. The summed E-state index contributed by atoms with van der Waals surface area (Å²) < 4.78 is 0. The van der Waals surface area contributed by atoms with Crippen molar-refractivity contribution < 1.29 is 0 Å². The van der Waals surface area contributed by atoms with Crippen LogP contribution in [0.3, 0.4) is 0 Å². The smallest absolute Gasteiger partial charge is 0.0223 e. The number of hydrogen-bond donors (Lipinski definition) is 4. The Bertz CT molecular complexity index is 343. The van der Waals surface area contributed by atoms with Gasteiger partial charge in [-0.3, -0.25) is 0 Å². The van der Waals surface area contributed by atoms with Crippen LogP contribution in [0.25, 0.3) is 0 Å². The molecule has 0 aliphatic heterocycles. The van der Waals surface area contributed by atoms with Gasteiger partial charge in [-0.2, -0.15) is 0 Å². The van der Waals surface area contributed by atoms with Crippen LogP contribution in [0, 0.1) is 0 Å². The molecular weight excluding hydrogens is 272 g/mol. The predicted molar refractivity (Wildman–Crippen MR) is 99.1 cm³/mol. The standard InChI is InChI=1S/C18H42N4/c1-14(2,19)11-17(7,8)22-18(9,10)12-16(5,6)21-13-15(3,4)20/h21-22H,11-13,19-20H2,1-10H3. The highest BCUT2D eigenvalue weighted by Gasteiger charge is 2.35. The minimum absolute atomic E-state index is 0.00396. The molecule has 0 spiro atoms. The Labute approximate surface area is 139 Å². The van der Waals surface area contributed by atoms with E-state index in [4.69, 9.17) is 11.5 Å². The predicted octanol–water partition coefficient (Wildman–Crippen LogP) is 2.76. The van der Waals surface area contributed by atoms with Crippen molar-refractivity contribution >= 4 is 0 Å². The highest BCUT2D eigenvalue weighted by molar-refractivity contribution is 4.98. The topological polar surface area (TPSA) is 76.1 Å². The first-order valence-corrected chi connectivity index (χ1v) is 8.45. The summed E-state index contributed by atoms with van der Waals surface area (Å²) >= 11 is 0. The van der Waals surface area contributed by atoms with Gasteiger partial charge in [-0.1, -0.05) is 0 Å². The van der Waals surface area contributed by atoms with E-state index >= 15 is 0 Å². The molecule has 0 saturated heterocycles. The molecule has 0 saturated carbocycles. The molecular formula is C18H42N4. The summed E-state index contributed by atoms with van der Waals surface area (Å²) in [6.07, 6.45) is 1.93. The Morgan fingerprint density at radius 2 is 1.00 bits per heavy atom. The Balaban J connectivity index is 4.74. The maximum absolute atomic E-state index is 6.20. The summed E-state index contributed by atoms with van der Waals surface area (Å²) in [5, 5.41) is 7.39. The molecule has 0 aliphatic carbocycles. The van der Waals surface area contributed by atoms with Crippen molar-refractivity contribution in [2.75, 3.05) is 6.54 Å². The van der Waals surface area contributed by atoms with Crippen molar-refractivity contribution in [1.82, 2.24) is 10.6 Å². The quantitative estimate of drug-likeness (QED) is 0.528. The van der Waals surface area contributed by atoms with Gasteiger partial charge in [-0.15, -0.1) is 0 Å². The second-order valence-corrected chi connectivity index (χ2v) is 10.5. The highest BCUT2D eigenvalue weighted by atomic mass is 15.1. The average molecular weight is 315 g/mol. The molecule has 0 radical (unpaired) electrons. The lowest BCUT2D eigenvalue weighted by atomic mass is 9.81. The Hall–Kier alpha value is -0.160. The van der Waals surface area contributed by atoms with Crippen LogP contribution < -0.4 is 22.1 Å². The maximum atomic E-state index is 6.20. The first kappa shape index (κ1) is 21.8. The van der Waals surface area contributed by atoms with Gasteiger partial charge < -0.3 is 22.1 Å². The fourth-order valence-electron chi connectivity index (χ4n) is 3.78. The third kappa shape index (κ3) is 11.4. The van der Waals surface area contributed by atoms with Gasteiger partial charge in [-0.05, 0) is 82.1 Å². The molecule has 0 rings (SSSR count). The van der Waals surface area contributed by atoms with Crippen LogP contribution in [-0.4, -0.2) is 34.2 Å². The highest BCUT2D eigenvalue weighted by Crippen LogP contribution is 2.26. The zero-order valence-corrected chi connectivity index (χ0v) is 16.8. The summed E-state index contributed by atoms with van der Waals surface area (Å²) in [6, 6.07) is 0. The van der Waals surface area contributed by atoms with Crippen LogP contribution >= 0.6 is 0 Å². The molecule has 0 unspecified atom stereocenters. The van der Waals surface area contributed by atoms with E-state index < -0.39 is 0 Å². The van der Waals surface area contributed by atoms with Crippen LogP contribution in [0.15, 0.2) is 0 Å². The van der Waals surface area contributed by atoms with Crippen molar-refractivity contribution in [3.05, 3.63) is 0 Å². The molecule has 0 heterocycles. The maximum Gasteiger partial charge on any atom is 0.0223 e. The molecule has 0 bridgehead atoms. The van der Waals surface area contributed by atoms with Gasteiger partial charge in [0.2, 0.25) is 0 Å². The van der Waals surface area contributed by atoms with Crippen molar-refractivity contribution in [1.29, 1.82) is 0 Å². The van der Waals surface area contributed by atoms with E-state index in [-0.39, 0.29) is 27.7 Å². The summed E-state index contributed by atoms with van der Waals surface area (Å²) in [5.41, 5.74) is 11.9. The summed E-state index contributed by atoms with van der Waals surface area (Å²) in [5.74, 6) is 0. The van der Waals surface area contributed by atoms with E-state index in [1.165, 1.54) is 0 Å². The van der Waals surface area contributed by atoms with Gasteiger partial charge in [0.25, 0.3) is 0 Å². The van der Waals surface area contributed by atoms with E-state index in [0.29, 0.717) is 0 Å². The lowest BCUT2D eigenvalue weighted by Gasteiger charge is -2.44. The first-order chi connectivity index (χ1) is 9.33. The SMILES string of the molecule is CC(C)(N)CNC(C)(C)CC(C)(C)NC(C)(C)CC(C)(C)N. The second kappa shape index (κ2) is 6.76. The van der Waals surface area contributed by atoms with Gasteiger partial charge in [0.05, 0.1) is 0 Å². The molecule has 0 atom stereocenters. The van der Waals surface area contributed by atoms with Crippen molar-refractivity contribution in [2.45, 2.75) is 110 Å². The Morgan fingerprint density at radius 1 is 0.591 bits per heavy atom. The Morgan fingerprint density at radius 3 is 1.36 bits per heavy atom. The van der Waals surface area contributed by atoms with Crippen LogP contribution in [0.5, 0.6) is 0 Å². The fraction of sp³-hybridized carbons (Fsp3) is 1.00. The average Bonchev–Trinajstić information content (AvgIpc) is 2.04. The van der Waals surface area contributed by atoms with Gasteiger partial charge in [0, 0.05) is 34.2 Å². The minimum Gasteiger partial charge on any atom is -0.325 e. The van der Waals surface area contributed by atoms with Crippen LogP contribution in [0.1, 0.15) is 82.1 Å². The van der Waals surface area contributed by atoms with Gasteiger partial charge in [0.1, 0.15) is 0 Å². The molecule has 4 nitrogen and oxygen atoms in total. The molecule has 0 amide bonds. The molecule has 22 heavy (non-hydrogen) atoms. The lowest BCUT2D eigenvalue weighted by molar-refractivity contribution is 0.172. The number of nitrogens with one attached hydrogen (secondary N) is 2. The van der Waals surface area contributed by atoms with Crippen LogP contribution in [-0.2, 0) is 0 Å². The monoisotopic (exact) mass is 314 g/mol. The van der Waals surface area contributed by atoms with E-state index in [1.54, 1.807) is 0 Å². The molecule has 0 aromatic rings. The van der Waals surface area contributed by atoms with E-state index in [2.05, 4.69) is 66.0 Å². The molecule has 4 heteroatoms. The lowest BCUT2D eigenvalue weighted by Crippen LogP contribution is -2.60. The summed E-state index contributed by atoms with van der Waals surface area (Å²) in [4.78, 5) is 0. The zero-order valence-electron chi connectivity index (χ0n) is 16.8. The van der Waals surface area contributed by atoms with E-state index in [9.17, 15) is 0 Å². The number of nitrogens with two attached hydrogens (primary N) is 2. The van der Waals surface area contributed by atoms with E-state index in [1.807, 2.05) is 13.8 Å². The number of hydrogen-bond acceptors (Lipinski definition) is 4. The summed E-state index contributed by atoms with van der Waals surface area (Å²) in [7, 11) is 0. The van der Waals surface area contributed by atoms with Gasteiger partial charge >= 0.3 is 0 Å². The normalized spacial score (nSPS) is 15.3. The molecule has 6 N–H and O–H groups in total. The van der Waals surface area contributed by atoms with E-state index in [0.717, 1.165) is 19.4 Å². The summed E-state index contributed by atoms with van der Waals surface area (Å²) in [6.45, 7) is 22.5.